The molecule has 0 unspecified atom stereocenters. The number of aromatic nitrogens is 4. The number of hydrogen-bond acceptors (Lipinski definition) is 6. The lowest BCUT2D eigenvalue weighted by molar-refractivity contribution is 0.628. The number of benzene rings is 1. The molecule has 0 spiro atoms. The number of pyridine rings is 2. The normalized spacial score (nSPS) is 11.0. The Labute approximate surface area is 168 Å². The van der Waals surface area contributed by atoms with Crippen molar-refractivity contribution >= 4 is 22.8 Å². The predicted molar refractivity (Wildman–Crippen MR) is 113 cm³/mol. The monoisotopic (exact) mass is 388 g/mol. The van der Waals surface area contributed by atoms with E-state index in [4.69, 9.17) is 4.98 Å². The van der Waals surface area contributed by atoms with Gasteiger partial charge >= 0.3 is 0 Å². The summed E-state index contributed by atoms with van der Waals surface area (Å²) < 4.78 is 13.2. The lowest BCUT2D eigenvalue weighted by Crippen LogP contribution is -2.14. The molecule has 3 aromatic heterocycles. The number of halogens is 1. The molecule has 0 bridgehead atoms. The van der Waals surface area contributed by atoms with Gasteiger partial charge in [0, 0.05) is 17.8 Å². The van der Waals surface area contributed by atoms with Gasteiger partial charge in [-0.05, 0) is 62.4 Å². The Hall–Kier alpha value is -3.61. The van der Waals surface area contributed by atoms with Crippen molar-refractivity contribution in [2.75, 3.05) is 10.6 Å². The van der Waals surface area contributed by atoms with E-state index in [1.54, 1.807) is 18.3 Å². The van der Waals surface area contributed by atoms with Gasteiger partial charge in [0.25, 0.3) is 0 Å². The fourth-order valence-electron chi connectivity index (χ4n) is 2.92. The molecule has 4 aromatic rings. The van der Waals surface area contributed by atoms with E-state index in [2.05, 4.69) is 25.6 Å². The Morgan fingerprint density at radius 1 is 0.931 bits per heavy atom. The van der Waals surface area contributed by atoms with E-state index >= 15 is 0 Å². The molecule has 0 aliphatic heterocycles. The van der Waals surface area contributed by atoms with E-state index in [0.717, 1.165) is 22.5 Å². The maximum absolute atomic E-state index is 13.2. The van der Waals surface area contributed by atoms with E-state index in [9.17, 15) is 4.39 Å². The minimum absolute atomic E-state index is 0.174. The predicted octanol–water partition coefficient (Wildman–Crippen LogP) is 4.66. The first-order chi connectivity index (χ1) is 14.1. The van der Waals surface area contributed by atoms with Crippen molar-refractivity contribution in [1.82, 2.24) is 19.9 Å². The Morgan fingerprint density at radius 3 is 2.48 bits per heavy atom. The maximum Gasteiger partial charge on any atom is 0.225 e. The van der Waals surface area contributed by atoms with Gasteiger partial charge in [-0.15, -0.1) is 0 Å². The zero-order chi connectivity index (χ0) is 20.2. The van der Waals surface area contributed by atoms with Crippen LogP contribution >= 0.6 is 0 Å². The Morgan fingerprint density at radius 2 is 1.76 bits per heavy atom. The lowest BCUT2D eigenvalue weighted by atomic mass is 10.1. The molecule has 0 amide bonds. The molecule has 0 aliphatic rings. The summed E-state index contributed by atoms with van der Waals surface area (Å²) in [5, 5.41) is 6.57. The first-order valence-electron chi connectivity index (χ1n) is 9.43. The van der Waals surface area contributed by atoms with Crippen LogP contribution in [0.2, 0.25) is 0 Å². The van der Waals surface area contributed by atoms with E-state index in [1.807, 2.05) is 44.2 Å². The van der Waals surface area contributed by atoms with Crippen LogP contribution in [0.4, 0.5) is 16.2 Å². The summed E-state index contributed by atoms with van der Waals surface area (Å²) in [6.07, 6.45) is 1.75. The molecule has 0 fully saturated rings. The SMILES string of the molecule is CC(C)Nc1nc(NCc2ccccn2)nc2ccc(-c3ccc(F)cc3)nc12. The second-order valence-corrected chi connectivity index (χ2v) is 6.94. The molecule has 3 heterocycles. The van der Waals surface area contributed by atoms with Gasteiger partial charge in [0.1, 0.15) is 11.3 Å². The summed E-state index contributed by atoms with van der Waals surface area (Å²) in [6, 6.07) is 16.0. The van der Waals surface area contributed by atoms with Gasteiger partial charge < -0.3 is 10.6 Å². The third-order valence-electron chi connectivity index (χ3n) is 4.26. The Kier molecular flexibility index (Phi) is 5.29. The number of hydrogen-bond donors (Lipinski definition) is 2. The molecular weight excluding hydrogens is 367 g/mol. The lowest BCUT2D eigenvalue weighted by Gasteiger charge is -2.14. The van der Waals surface area contributed by atoms with Crippen LogP contribution in [0.15, 0.2) is 60.8 Å². The molecule has 0 aliphatic carbocycles. The van der Waals surface area contributed by atoms with Crippen LogP contribution in [0.25, 0.3) is 22.3 Å². The zero-order valence-electron chi connectivity index (χ0n) is 16.2. The molecule has 0 saturated heterocycles. The molecule has 2 N–H and O–H groups in total. The summed E-state index contributed by atoms with van der Waals surface area (Å²) in [5.74, 6) is 0.878. The van der Waals surface area contributed by atoms with Crippen LogP contribution in [0.1, 0.15) is 19.5 Å². The molecular formula is C22H21FN6. The number of anilines is 2. The van der Waals surface area contributed by atoms with E-state index in [-0.39, 0.29) is 11.9 Å². The highest BCUT2D eigenvalue weighted by Gasteiger charge is 2.12. The van der Waals surface area contributed by atoms with Gasteiger partial charge in [0.05, 0.1) is 23.4 Å². The Balaban J connectivity index is 1.70. The zero-order valence-corrected chi connectivity index (χ0v) is 16.2. The minimum Gasteiger partial charge on any atom is -0.366 e. The molecule has 0 atom stereocenters. The second-order valence-electron chi connectivity index (χ2n) is 6.94. The summed E-state index contributed by atoms with van der Waals surface area (Å²) in [4.78, 5) is 18.3. The van der Waals surface area contributed by atoms with Crippen molar-refractivity contribution in [3.63, 3.8) is 0 Å². The van der Waals surface area contributed by atoms with Gasteiger partial charge in [-0.2, -0.15) is 4.98 Å². The number of rotatable bonds is 6. The van der Waals surface area contributed by atoms with E-state index in [1.165, 1.54) is 12.1 Å². The molecule has 7 heteroatoms. The molecule has 4 rings (SSSR count). The highest BCUT2D eigenvalue weighted by molar-refractivity contribution is 5.88. The van der Waals surface area contributed by atoms with Crippen LogP contribution in [0.5, 0.6) is 0 Å². The molecule has 0 saturated carbocycles. The summed E-state index contributed by atoms with van der Waals surface area (Å²) in [5.41, 5.74) is 3.86. The highest BCUT2D eigenvalue weighted by atomic mass is 19.1. The van der Waals surface area contributed by atoms with E-state index < -0.39 is 0 Å². The standard InChI is InChI=1S/C22H21FN6/c1-14(2)26-21-20-19(11-10-18(27-20)15-6-8-16(23)9-7-15)28-22(29-21)25-13-17-5-3-4-12-24-17/h3-12,14H,13H2,1-2H3,(H2,25,26,28,29). The molecule has 1 aromatic carbocycles. The third-order valence-corrected chi connectivity index (χ3v) is 4.26. The topological polar surface area (TPSA) is 75.6 Å². The van der Waals surface area contributed by atoms with Crippen molar-refractivity contribution in [1.29, 1.82) is 0 Å². The van der Waals surface area contributed by atoms with Crippen molar-refractivity contribution in [3.8, 4) is 11.3 Å². The summed E-state index contributed by atoms with van der Waals surface area (Å²) in [6.45, 7) is 4.60. The largest absolute Gasteiger partial charge is 0.366 e. The maximum atomic E-state index is 13.2. The molecule has 6 nitrogen and oxygen atoms in total. The van der Waals surface area contributed by atoms with Crippen LogP contribution in [-0.4, -0.2) is 26.0 Å². The highest BCUT2D eigenvalue weighted by Crippen LogP contribution is 2.25. The van der Waals surface area contributed by atoms with Crippen molar-refractivity contribution in [2.24, 2.45) is 0 Å². The number of nitrogens with zero attached hydrogens (tertiary/aromatic N) is 4. The Bertz CT molecular complexity index is 1110. The average Bonchev–Trinajstić information content (AvgIpc) is 2.73. The van der Waals surface area contributed by atoms with Crippen molar-refractivity contribution in [2.45, 2.75) is 26.4 Å². The fraction of sp³-hybridized carbons (Fsp3) is 0.182. The number of nitrogens with one attached hydrogen (secondary N) is 2. The fourth-order valence-corrected chi connectivity index (χ4v) is 2.92. The van der Waals surface area contributed by atoms with Crippen LogP contribution < -0.4 is 10.6 Å². The van der Waals surface area contributed by atoms with Gasteiger partial charge in [-0.25, -0.2) is 14.4 Å². The third kappa shape index (κ3) is 4.45. The van der Waals surface area contributed by atoms with Crippen molar-refractivity contribution in [3.05, 3.63) is 72.3 Å². The first kappa shape index (κ1) is 18.7. The quantitative estimate of drug-likeness (QED) is 0.500. The summed E-state index contributed by atoms with van der Waals surface area (Å²) in [7, 11) is 0. The summed E-state index contributed by atoms with van der Waals surface area (Å²) >= 11 is 0. The molecule has 0 radical (unpaired) electrons. The van der Waals surface area contributed by atoms with E-state index in [0.29, 0.717) is 23.8 Å². The average molecular weight is 388 g/mol. The molecule has 29 heavy (non-hydrogen) atoms. The van der Waals surface area contributed by atoms with Crippen LogP contribution in [0, 0.1) is 5.82 Å². The van der Waals surface area contributed by atoms with Crippen LogP contribution in [0.3, 0.4) is 0 Å². The molecule has 146 valence electrons. The van der Waals surface area contributed by atoms with Gasteiger partial charge in [-0.3, -0.25) is 4.98 Å². The minimum atomic E-state index is -0.274. The van der Waals surface area contributed by atoms with Gasteiger partial charge in [0.2, 0.25) is 5.95 Å². The second kappa shape index (κ2) is 8.18. The van der Waals surface area contributed by atoms with Gasteiger partial charge in [0.15, 0.2) is 5.82 Å². The van der Waals surface area contributed by atoms with Crippen LogP contribution in [-0.2, 0) is 6.54 Å². The number of fused-ring (bicyclic) bond motifs is 1. The van der Waals surface area contributed by atoms with Gasteiger partial charge in [-0.1, -0.05) is 6.07 Å². The smallest absolute Gasteiger partial charge is 0.225 e. The van der Waals surface area contributed by atoms with Crippen molar-refractivity contribution < 1.29 is 4.39 Å². The first-order valence-corrected chi connectivity index (χ1v) is 9.43.